The van der Waals surface area contributed by atoms with Crippen molar-refractivity contribution in [3.63, 3.8) is 0 Å². The minimum Gasteiger partial charge on any atom is -0.295 e. The van der Waals surface area contributed by atoms with Crippen molar-refractivity contribution in [3.8, 4) is 0 Å². The fourth-order valence-corrected chi connectivity index (χ4v) is 1.70. The molecule has 0 fully saturated rings. The van der Waals surface area contributed by atoms with Gasteiger partial charge in [-0.15, -0.1) is 0 Å². The van der Waals surface area contributed by atoms with E-state index in [1.807, 2.05) is 65.2 Å². The Morgan fingerprint density at radius 1 is 1.29 bits per heavy atom. The summed E-state index contributed by atoms with van der Waals surface area (Å²) in [6.07, 6.45) is 7.45. The van der Waals surface area contributed by atoms with E-state index in [0.29, 0.717) is 0 Å². The standard InChI is InChI=1S/C14H15N2O/c1-12(17)10-14(13-6-4-3-5-7-13)16-9-8-15(2)11-16/h3-11H,1-2H3/q+1/b14-10+. The molecule has 2 aromatic rings. The Hall–Kier alpha value is -2.16. The number of hydrogen-bond donors (Lipinski definition) is 0. The minimum absolute atomic E-state index is 0.0419. The van der Waals surface area contributed by atoms with E-state index in [2.05, 4.69) is 0 Å². The van der Waals surface area contributed by atoms with Crippen molar-refractivity contribution in [3.05, 3.63) is 60.7 Å². The number of aryl methyl sites for hydroxylation is 1. The molecule has 86 valence electrons. The van der Waals surface area contributed by atoms with Gasteiger partial charge in [-0.25, -0.2) is 9.13 Å². The lowest BCUT2D eigenvalue weighted by Gasteiger charge is -2.02. The predicted molar refractivity (Wildman–Crippen MR) is 66.1 cm³/mol. The topological polar surface area (TPSA) is 25.9 Å². The van der Waals surface area contributed by atoms with Crippen LogP contribution in [0.3, 0.4) is 0 Å². The van der Waals surface area contributed by atoms with Crippen molar-refractivity contribution in [2.45, 2.75) is 6.92 Å². The molecule has 2 rings (SSSR count). The number of carbonyl (C=O) groups is 1. The fourth-order valence-electron chi connectivity index (χ4n) is 1.70. The molecule has 3 nitrogen and oxygen atoms in total. The molecule has 0 amide bonds. The van der Waals surface area contributed by atoms with Gasteiger partial charge in [0.25, 0.3) is 0 Å². The van der Waals surface area contributed by atoms with Crippen LogP contribution in [0.5, 0.6) is 0 Å². The van der Waals surface area contributed by atoms with Gasteiger partial charge in [0.2, 0.25) is 6.33 Å². The maximum atomic E-state index is 11.3. The van der Waals surface area contributed by atoms with E-state index in [4.69, 9.17) is 0 Å². The van der Waals surface area contributed by atoms with Crippen molar-refractivity contribution < 1.29 is 9.36 Å². The second-order valence-corrected chi connectivity index (χ2v) is 3.99. The number of rotatable bonds is 3. The summed E-state index contributed by atoms with van der Waals surface area (Å²) < 4.78 is 3.88. The first kappa shape index (κ1) is 11.3. The number of nitrogens with zero attached hydrogens (tertiary/aromatic N) is 2. The van der Waals surface area contributed by atoms with Gasteiger partial charge in [-0.2, -0.15) is 0 Å². The maximum Gasteiger partial charge on any atom is 0.248 e. The lowest BCUT2D eigenvalue weighted by molar-refractivity contribution is -0.670. The lowest BCUT2D eigenvalue weighted by atomic mass is 10.1. The van der Waals surface area contributed by atoms with E-state index in [-0.39, 0.29) is 5.78 Å². The second-order valence-electron chi connectivity index (χ2n) is 3.99. The molecule has 17 heavy (non-hydrogen) atoms. The fraction of sp³-hybridized carbons (Fsp3) is 0.143. The molecule has 0 bridgehead atoms. The SMILES string of the molecule is CC(=O)/C=C(\c1ccccc1)n1cc[n+](C)c1. The summed E-state index contributed by atoms with van der Waals surface area (Å²) in [5.74, 6) is 0.0419. The van der Waals surface area contributed by atoms with Gasteiger partial charge >= 0.3 is 0 Å². The van der Waals surface area contributed by atoms with E-state index < -0.39 is 0 Å². The largest absolute Gasteiger partial charge is 0.295 e. The van der Waals surface area contributed by atoms with Crippen molar-refractivity contribution in [2.75, 3.05) is 0 Å². The maximum absolute atomic E-state index is 11.3. The molecule has 1 aromatic heterocycles. The monoisotopic (exact) mass is 227 g/mol. The third-order valence-corrected chi connectivity index (χ3v) is 2.46. The molecule has 1 heterocycles. The van der Waals surface area contributed by atoms with Crippen molar-refractivity contribution in [1.82, 2.24) is 4.57 Å². The number of allylic oxidation sites excluding steroid dienone is 1. The zero-order valence-corrected chi connectivity index (χ0v) is 10.00. The Balaban J connectivity index is 2.50. The van der Waals surface area contributed by atoms with Gasteiger partial charge in [0.15, 0.2) is 5.78 Å². The molecule has 0 spiro atoms. The summed E-state index contributed by atoms with van der Waals surface area (Å²) >= 11 is 0. The Bertz CT molecular complexity index is 553. The molecule has 0 saturated carbocycles. The van der Waals surface area contributed by atoms with Crippen LogP contribution in [0.2, 0.25) is 0 Å². The Morgan fingerprint density at radius 2 is 2.00 bits per heavy atom. The highest BCUT2D eigenvalue weighted by atomic mass is 16.1. The highest BCUT2D eigenvalue weighted by molar-refractivity contribution is 5.95. The van der Waals surface area contributed by atoms with Crippen LogP contribution >= 0.6 is 0 Å². The molecule has 0 N–H and O–H groups in total. The van der Waals surface area contributed by atoms with Gasteiger partial charge in [-0.05, 0) is 6.92 Å². The zero-order valence-electron chi connectivity index (χ0n) is 10.00. The number of aromatic nitrogens is 2. The van der Waals surface area contributed by atoms with E-state index in [1.165, 1.54) is 0 Å². The third kappa shape index (κ3) is 2.69. The van der Waals surface area contributed by atoms with Crippen LogP contribution in [0.15, 0.2) is 55.1 Å². The average molecular weight is 227 g/mol. The molecule has 1 aromatic carbocycles. The first-order valence-corrected chi connectivity index (χ1v) is 5.48. The molecular formula is C14H15N2O+. The zero-order chi connectivity index (χ0) is 12.3. The van der Waals surface area contributed by atoms with Gasteiger partial charge in [-0.3, -0.25) is 4.79 Å². The van der Waals surface area contributed by atoms with Crippen LogP contribution in [-0.4, -0.2) is 10.4 Å². The van der Waals surface area contributed by atoms with Crippen molar-refractivity contribution in [1.29, 1.82) is 0 Å². The van der Waals surface area contributed by atoms with E-state index in [9.17, 15) is 4.79 Å². The first-order valence-electron chi connectivity index (χ1n) is 5.48. The summed E-state index contributed by atoms with van der Waals surface area (Å²) in [5, 5.41) is 0. The van der Waals surface area contributed by atoms with Crippen LogP contribution < -0.4 is 4.57 Å². The van der Waals surface area contributed by atoms with Gasteiger partial charge in [0, 0.05) is 11.6 Å². The molecule has 0 aliphatic rings. The number of imidazole rings is 1. The van der Waals surface area contributed by atoms with Crippen molar-refractivity contribution >= 4 is 11.5 Å². The highest BCUT2D eigenvalue weighted by Crippen LogP contribution is 2.15. The number of carbonyl (C=O) groups excluding carboxylic acids is 1. The third-order valence-electron chi connectivity index (χ3n) is 2.46. The van der Waals surface area contributed by atoms with Crippen LogP contribution in [0.4, 0.5) is 0 Å². The van der Waals surface area contributed by atoms with Gasteiger partial charge in [0.1, 0.15) is 18.1 Å². The van der Waals surface area contributed by atoms with Gasteiger partial charge in [-0.1, -0.05) is 30.3 Å². The number of hydrogen-bond acceptors (Lipinski definition) is 1. The summed E-state index contributed by atoms with van der Waals surface area (Å²) in [6.45, 7) is 1.56. The van der Waals surface area contributed by atoms with Crippen molar-refractivity contribution in [2.24, 2.45) is 7.05 Å². The molecule has 0 aliphatic carbocycles. The van der Waals surface area contributed by atoms with E-state index >= 15 is 0 Å². The Labute approximate surface area is 101 Å². The molecule has 3 heteroatoms. The quantitative estimate of drug-likeness (QED) is 0.580. The highest BCUT2D eigenvalue weighted by Gasteiger charge is 2.11. The Kier molecular flexibility index (Phi) is 3.19. The predicted octanol–water partition coefficient (Wildman–Crippen LogP) is 1.79. The van der Waals surface area contributed by atoms with Crippen LogP contribution in [-0.2, 0) is 11.8 Å². The lowest BCUT2D eigenvalue weighted by Crippen LogP contribution is -2.23. The molecule has 0 unspecified atom stereocenters. The van der Waals surface area contributed by atoms with Gasteiger partial charge in [0.05, 0.1) is 7.05 Å². The second kappa shape index (κ2) is 4.78. The number of ketones is 1. The molecular weight excluding hydrogens is 212 g/mol. The van der Waals surface area contributed by atoms with E-state index in [1.54, 1.807) is 13.0 Å². The first-order chi connectivity index (χ1) is 8.16. The minimum atomic E-state index is 0.0419. The normalized spacial score (nSPS) is 11.5. The Morgan fingerprint density at radius 3 is 2.53 bits per heavy atom. The van der Waals surface area contributed by atoms with Crippen LogP contribution in [0, 0.1) is 0 Å². The summed E-state index contributed by atoms with van der Waals surface area (Å²) in [5.41, 5.74) is 1.91. The molecule has 0 aliphatic heterocycles. The van der Waals surface area contributed by atoms with E-state index in [0.717, 1.165) is 11.3 Å². The molecule has 0 atom stereocenters. The summed E-state index contributed by atoms with van der Waals surface area (Å²) in [6, 6.07) is 9.88. The number of benzene rings is 1. The van der Waals surface area contributed by atoms with Crippen LogP contribution in [0.1, 0.15) is 12.5 Å². The average Bonchev–Trinajstić information content (AvgIpc) is 2.73. The smallest absolute Gasteiger partial charge is 0.248 e. The molecule has 0 radical (unpaired) electrons. The summed E-state index contributed by atoms with van der Waals surface area (Å²) in [4.78, 5) is 11.3. The summed E-state index contributed by atoms with van der Waals surface area (Å²) in [7, 11) is 1.95. The van der Waals surface area contributed by atoms with Crippen LogP contribution in [0.25, 0.3) is 5.70 Å². The molecule has 0 saturated heterocycles. The van der Waals surface area contributed by atoms with Gasteiger partial charge < -0.3 is 0 Å².